The Morgan fingerprint density at radius 3 is 1.95 bits per heavy atom. The first-order chi connectivity index (χ1) is 19.4. The van der Waals surface area contributed by atoms with Crippen LogP contribution >= 0.6 is 0 Å². The molecule has 1 aliphatic carbocycles. The molecule has 40 heavy (non-hydrogen) atoms. The largest absolute Gasteiger partial charge is 0.497 e. The van der Waals surface area contributed by atoms with E-state index in [1.807, 2.05) is 0 Å². The Labute approximate surface area is 228 Å². The van der Waals surface area contributed by atoms with Crippen molar-refractivity contribution < 1.29 is 33.4 Å². The van der Waals surface area contributed by atoms with Crippen LogP contribution in [0, 0.1) is 0 Å². The number of ketones is 2. The number of benzene rings is 4. The minimum atomic E-state index is -0.905. The average molecular weight is 535 g/mol. The van der Waals surface area contributed by atoms with Crippen molar-refractivity contribution in [2.24, 2.45) is 0 Å². The summed E-state index contributed by atoms with van der Waals surface area (Å²) < 4.78 is 10.3. The summed E-state index contributed by atoms with van der Waals surface area (Å²) in [6.45, 7) is -0.624. The van der Waals surface area contributed by atoms with Gasteiger partial charge >= 0.3 is 5.97 Å². The summed E-state index contributed by atoms with van der Waals surface area (Å²) in [5, 5.41) is 5.35. The summed E-state index contributed by atoms with van der Waals surface area (Å²) in [6, 6.07) is 23.8. The lowest BCUT2D eigenvalue weighted by Gasteiger charge is -2.19. The molecule has 0 aliphatic heterocycles. The third kappa shape index (κ3) is 5.21. The molecule has 1 aliphatic rings. The summed E-state index contributed by atoms with van der Waals surface area (Å²) in [6.07, 6.45) is 0. The summed E-state index contributed by atoms with van der Waals surface area (Å²) in [5.74, 6) is -2.02. The number of esters is 1. The highest BCUT2D eigenvalue weighted by Gasteiger charge is 2.33. The van der Waals surface area contributed by atoms with Crippen LogP contribution in [0.5, 0.6) is 5.75 Å². The average Bonchev–Trinajstić information content (AvgIpc) is 2.99. The van der Waals surface area contributed by atoms with Gasteiger partial charge in [0.05, 0.1) is 12.7 Å². The van der Waals surface area contributed by atoms with Crippen molar-refractivity contribution in [2.75, 3.05) is 24.4 Å². The molecule has 0 radical (unpaired) electrons. The van der Waals surface area contributed by atoms with Crippen molar-refractivity contribution in [3.8, 4) is 5.75 Å². The van der Waals surface area contributed by atoms with E-state index in [9.17, 15) is 24.0 Å². The number of carbonyl (C=O) groups is 5. The smallest absolute Gasteiger partial charge is 0.339 e. The van der Waals surface area contributed by atoms with Gasteiger partial charge in [-0.1, -0.05) is 36.4 Å². The van der Waals surface area contributed by atoms with Crippen molar-refractivity contribution in [1.82, 2.24) is 0 Å². The second-order valence-electron chi connectivity index (χ2n) is 8.82. The number of carbonyl (C=O) groups excluding carboxylic acids is 5. The lowest BCUT2D eigenvalue weighted by molar-refractivity contribution is -0.119. The lowest BCUT2D eigenvalue weighted by Crippen LogP contribution is -2.26. The van der Waals surface area contributed by atoms with Gasteiger partial charge in [0.2, 0.25) is 0 Å². The zero-order valence-electron chi connectivity index (χ0n) is 21.2. The normalized spacial score (nSPS) is 11.6. The minimum absolute atomic E-state index is 0.0416. The Balaban J connectivity index is 1.19. The molecule has 0 unspecified atom stereocenters. The molecule has 0 atom stereocenters. The first-order valence-electron chi connectivity index (χ1n) is 12.2. The predicted molar refractivity (Wildman–Crippen MR) is 146 cm³/mol. The van der Waals surface area contributed by atoms with Crippen LogP contribution in [0.3, 0.4) is 0 Å². The van der Waals surface area contributed by atoms with Crippen LogP contribution in [-0.4, -0.2) is 43.1 Å². The second-order valence-corrected chi connectivity index (χ2v) is 8.82. The summed E-state index contributed by atoms with van der Waals surface area (Å²) >= 11 is 0. The van der Waals surface area contributed by atoms with Crippen LogP contribution in [0.15, 0.2) is 91.0 Å². The van der Waals surface area contributed by atoms with E-state index in [4.69, 9.17) is 9.47 Å². The molecule has 4 aromatic rings. The Hall–Kier alpha value is -5.57. The fraction of sp³-hybridized carbons (Fsp3) is 0.0645. The molecule has 9 heteroatoms. The maximum Gasteiger partial charge on any atom is 0.339 e. The highest BCUT2D eigenvalue weighted by Crippen LogP contribution is 2.30. The van der Waals surface area contributed by atoms with Gasteiger partial charge in [-0.2, -0.15) is 0 Å². The maximum atomic E-state index is 13.1. The standard InChI is InChI=1S/C31H22N2O7/c1-39-21-15-13-20(14-16-21)33-30(37)18-9-11-19(12-10-18)32-26(34)17-40-31(38)25-8-4-7-24-27(25)29(36)23-6-3-2-5-22(23)28(24)35/h2-16H,17H2,1H3,(H,32,34)(H,33,37). The van der Waals surface area contributed by atoms with E-state index >= 15 is 0 Å². The summed E-state index contributed by atoms with van der Waals surface area (Å²) in [7, 11) is 1.55. The zero-order chi connectivity index (χ0) is 28.2. The van der Waals surface area contributed by atoms with E-state index in [1.165, 1.54) is 48.5 Å². The molecule has 2 N–H and O–H groups in total. The van der Waals surface area contributed by atoms with Gasteiger partial charge in [-0.15, -0.1) is 0 Å². The van der Waals surface area contributed by atoms with Gasteiger partial charge in [0.1, 0.15) is 5.75 Å². The Morgan fingerprint density at radius 1 is 0.675 bits per heavy atom. The van der Waals surface area contributed by atoms with Crippen LogP contribution in [0.4, 0.5) is 11.4 Å². The van der Waals surface area contributed by atoms with E-state index in [0.717, 1.165) is 0 Å². The zero-order valence-corrected chi connectivity index (χ0v) is 21.2. The van der Waals surface area contributed by atoms with E-state index in [-0.39, 0.29) is 39.5 Å². The second kappa shape index (κ2) is 11.0. The highest BCUT2D eigenvalue weighted by molar-refractivity contribution is 6.30. The maximum absolute atomic E-state index is 13.1. The third-order valence-corrected chi connectivity index (χ3v) is 6.29. The highest BCUT2D eigenvalue weighted by atomic mass is 16.5. The van der Waals surface area contributed by atoms with Gasteiger partial charge in [-0.25, -0.2) is 4.79 Å². The molecule has 0 saturated carbocycles. The van der Waals surface area contributed by atoms with Crippen molar-refractivity contribution in [2.45, 2.75) is 0 Å². The van der Waals surface area contributed by atoms with Crippen molar-refractivity contribution >= 4 is 40.7 Å². The van der Waals surface area contributed by atoms with Crippen LogP contribution in [0.1, 0.15) is 52.6 Å². The van der Waals surface area contributed by atoms with Crippen LogP contribution < -0.4 is 15.4 Å². The van der Waals surface area contributed by atoms with E-state index in [0.29, 0.717) is 22.7 Å². The summed E-state index contributed by atoms with van der Waals surface area (Å²) in [5.41, 5.74) is 1.81. The van der Waals surface area contributed by atoms with Crippen LogP contribution in [0.25, 0.3) is 0 Å². The fourth-order valence-electron chi connectivity index (χ4n) is 4.30. The number of nitrogens with one attached hydrogen (secondary N) is 2. The topological polar surface area (TPSA) is 128 Å². The van der Waals surface area contributed by atoms with E-state index < -0.39 is 24.3 Å². The number of anilines is 2. The molecule has 0 bridgehead atoms. The van der Waals surface area contributed by atoms with Crippen molar-refractivity contribution in [1.29, 1.82) is 0 Å². The lowest BCUT2D eigenvalue weighted by atomic mass is 9.82. The molecule has 198 valence electrons. The molecular formula is C31H22N2O7. The van der Waals surface area contributed by atoms with Gasteiger partial charge in [0.25, 0.3) is 11.8 Å². The van der Waals surface area contributed by atoms with Gasteiger partial charge in [0, 0.05) is 39.2 Å². The quantitative estimate of drug-likeness (QED) is 0.294. The molecule has 5 rings (SSSR count). The van der Waals surface area contributed by atoms with E-state index in [2.05, 4.69) is 10.6 Å². The number of rotatable bonds is 7. The molecular weight excluding hydrogens is 512 g/mol. The Kier molecular flexibility index (Phi) is 7.19. The molecule has 0 spiro atoms. The number of hydrogen-bond donors (Lipinski definition) is 2. The summed E-state index contributed by atoms with van der Waals surface area (Å²) in [4.78, 5) is 63.7. The van der Waals surface area contributed by atoms with Crippen molar-refractivity contribution in [3.05, 3.63) is 124 Å². The third-order valence-electron chi connectivity index (χ3n) is 6.29. The first-order valence-corrected chi connectivity index (χ1v) is 12.2. The molecule has 0 saturated heterocycles. The van der Waals surface area contributed by atoms with Gasteiger partial charge in [-0.05, 0) is 54.6 Å². The predicted octanol–water partition coefficient (Wildman–Crippen LogP) is 4.52. The minimum Gasteiger partial charge on any atom is -0.497 e. The monoisotopic (exact) mass is 534 g/mol. The van der Waals surface area contributed by atoms with Gasteiger partial charge < -0.3 is 20.1 Å². The first kappa shape index (κ1) is 26.1. The van der Waals surface area contributed by atoms with Crippen LogP contribution in [0.2, 0.25) is 0 Å². The number of amides is 2. The molecule has 0 heterocycles. The molecule has 2 amide bonds. The van der Waals surface area contributed by atoms with Crippen molar-refractivity contribution in [3.63, 3.8) is 0 Å². The number of fused-ring (bicyclic) bond motifs is 2. The molecule has 9 nitrogen and oxygen atoms in total. The Bertz CT molecular complexity index is 1660. The Morgan fingerprint density at radius 2 is 1.27 bits per heavy atom. The van der Waals surface area contributed by atoms with Gasteiger partial charge in [0.15, 0.2) is 18.2 Å². The molecule has 0 aromatic heterocycles. The molecule has 0 fully saturated rings. The van der Waals surface area contributed by atoms with E-state index in [1.54, 1.807) is 49.6 Å². The number of hydrogen-bond acceptors (Lipinski definition) is 7. The number of methoxy groups -OCH3 is 1. The number of ether oxygens (including phenoxy) is 2. The van der Waals surface area contributed by atoms with Gasteiger partial charge in [-0.3, -0.25) is 19.2 Å². The fourth-order valence-corrected chi connectivity index (χ4v) is 4.30. The van der Waals surface area contributed by atoms with Crippen LogP contribution in [-0.2, 0) is 9.53 Å². The SMILES string of the molecule is COc1ccc(NC(=O)c2ccc(NC(=O)COC(=O)c3cccc4c3C(=O)c3ccccc3C4=O)cc2)cc1. The molecule has 4 aromatic carbocycles.